The number of halogens is 1. The highest BCUT2D eigenvalue weighted by Crippen LogP contribution is 2.36. The van der Waals surface area contributed by atoms with Crippen LogP contribution in [-0.4, -0.2) is 43.9 Å². The lowest BCUT2D eigenvalue weighted by atomic mass is 10.2. The Bertz CT molecular complexity index is 1430. The molecular weight excluding hydrogens is 540 g/mol. The fourth-order valence-electron chi connectivity index (χ4n) is 3.57. The molecule has 3 amide bonds. The van der Waals surface area contributed by atoms with Crippen molar-refractivity contribution in [2.24, 2.45) is 5.10 Å². The maximum absolute atomic E-state index is 12.3. The van der Waals surface area contributed by atoms with E-state index in [1.165, 1.54) is 12.3 Å². The number of nitrogens with zero attached hydrogens (tertiary/aromatic N) is 1. The number of rotatable bonds is 10. The van der Waals surface area contributed by atoms with E-state index in [0.717, 1.165) is 11.1 Å². The predicted octanol–water partition coefficient (Wildman–Crippen LogP) is 3.56. The Labute approximate surface area is 235 Å². The first-order valence-corrected chi connectivity index (χ1v) is 12.7. The van der Waals surface area contributed by atoms with Gasteiger partial charge in [-0.25, -0.2) is 5.43 Å². The zero-order chi connectivity index (χ0) is 28.5. The van der Waals surface area contributed by atoms with Gasteiger partial charge >= 0.3 is 11.8 Å². The topological polar surface area (TPSA) is 137 Å². The Morgan fingerprint density at radius 2 is 1.77 bits per heavy atom. The largest absolute Gasteiger partial charge is 0.490 e. The zero-order valence-electron chi connectivity index (χ0n) is 21.8. The lowest BCUT2D eigenvalue weighted by molar-refractivity contribution is -0.139. The molecule has 3 aromatic carbocycles. The summed E-state index contributed by atoms with van der Waals surface area (Å²) in [5.74, 6) is -0.513. The number of benzene rings is 3. The SMILES string of the molecule is CCOc1cc(/C=N\NC(=O)C(=O)NCc2ccc3c(c2)OCO3)cc(Cl)c1OCC(=O)Nc1ccc(C)cc1. The Morgan fingerprint density at radius 1 is 1.00 bits per heavy atom. The lowest BCUT2D eigenvalue weighted by Crippen LogP contribution is -2.37. The summed E-state index contributed by atoms with van der Waals surface area (Å²) in [5, 5.41) is 9.25. The number of carbonyl (C=O) groups excluding carboxylic acids is 3. The van der Waals surface area contributed by atoms with Gasteiger partial charge in [0.05, 0.1) is 17.8 Å². The summed E-state index contributed by atoms with van der Waals surface area (Å²) in [5.41, 5.74) is 5.09. The summed E-state index contributed by atoms with van der Waals surface area (Å²) in [6, 6.07) is 15.7. The Morgan fingerprint density at radius 3 is 2.55 bits per heavy atom. The van der Waals surface area contributed by atoms with Crippen molar-refractivity contribution < 1.29 is 33.3 Å². The van der Waals surface area contributed by atoms with Gasteiger partial charge in [-0.3, -0.25) is 14.4 Å². The summed E-state index contributed by atoms with van der Waals surface area (Å²) >= 11 is 6.39. The minimum atomic E-state index is -0.951. The number of fused-ring (bicyclic) bond motifs is 1. The van der Waals surface area contributed by atoms with Crippen LogP contribution in [0.15, 0.2) is 59.7 Å². The molecule has 0 spiro atoms. The number of anilines is 1. The van der Waals surface area contributed by atoms with Gasteiger partial charge in [0.1, 0.15) is 0 Å². The van der Waals surface area contributed by atoms with E-state index in [0.29, 0.717) is 29.4 Å². The molecule has 0 radical (unpaired) electrons. The van der Waals surface area contributed by atoms with Crippen molar-refractivity contribution in [1.29, 1.82) is 0 Å². The van der Waals surface area contributed by atoms with Crippen LogP contribution in [0, 0.1) is 6.92 Å². The number of nitrogens with one attached hydrogen (secondary N) is 3. The van der Waals surface area contributed by atoms with Crippen molar-refractivity contribution in [1.82, 2.24) is 10.7 Å². The molecule has 3 N–H and O–H groups in total. The van der Waals surface area contributed by atoms with Crippen molar-refractivity contribution in [3.8, 4) is 23.0 Å². The number of ether oxygens (including phenoxy) is 4. The molecular formula is C28H27ClN4O7. The molecule has 1 heterocycles. The quantitative estimate of drug-likeness (QED) is 0.194. The molecule has 40 heavy (non-hydrogen) atoms. The minimum Gasteiger partial charge on any atom is -0.490 e. The molecule has 0 aromatic heterocycles. The first-order valence-electron chi connectivity index (χ1n) is 12.3. The van der Waals surface area contributed by atoms with Gasteiger partial charge in [-0.15, -0.1) is 0 Å². The van der Waals surface area contributed by atoms with Crippen molar-refractivity contribution in [3.05, 3.63) is 76.3 Å². The molecule has 0 saturated heterocycles. The smallest absolute Gasteiger partial charge is 0.329 e. The average molecular weight is 567 g/mol. The Hall–Kier alpha value is -4.77. The monoisotopic (exact) mass is 566 g/mol. The van der Waals surface area contributed by atoms with Crippen LogP contribution in [-0.2, 0) is 20.9 Å². The molecule has 0 unspecified atom stereocenters. The molecule has 11 nitrogen and oxygen atoms in total. The third-order valence-electron chi connectivity index (χ3n) is 5.49. The van der Waals surface area contributed by atoms with E-state index in [4.69, 9.17) is 30.5 Å². The van der Waals surface area contributed by atoms with Gasteiger partial charge in [0, 0.05) is 12.2 Å². The molecule has 3 aromatic rings. The number of amides is 3. The second-order valence-electron chi connectivity index (χ2n) is 8.54. The summed E-state index contributed by atoms with van der Waals surface area (Å²) < 4.78 is 21.8. The normalized spacial score (nSPS) is 11.7. The molecule has 12 heteroatoms. The maximum Gasteiger partial charge on any atom is 0.329 e. The Balaban J connectivity index is 1.30. The van der Waals surface area contributed by atoms with Gasteiger partial charge in [-0.1, -0.05) is 35.4 Å². The van der Waals surface area contributed by atoms with Crippen LogP contribution in [0.2, 0.25) is 5.02 Å². The minimum absolute atomic E-state index is 0.116. The average Bonchev–Trinajstić information content (AvgIpc) is 3.40. The molecule has 0 aliphatic carbocycles. The number of aryl methyl sites for hydroxylation is 1. The fraction of sp³-hybridized carbons (Fsp3) is 0.214. The van der Waals surface area contributed by atoms with Crippen molar-refractivity contribution in [3.63, 3.8) is 0 Å². The van der Waals surface area contributed by atoms with Crippen LogP contribution in [0.5, 0.6) is 23.0 Å². The summed E-state index contributed by atoms with van der Waals surface area (Å²) in [6.07, 6.45) is 1.30. The molecule has 208 valence electrons. The number of hydrogen-bond donors (Lipinski definition) is 3. The molecule has 0 saturated carbocycles. The van der Waals surface area contributed by atoms with E-state index in [1.54, 1.807) is 43.3 Å². The third-order valence-corrected chi connectivity index (χ3v) is 5.77. The van der Waals surface area contributed by atoms with Crippen LogP contribution >= 0.6 is 11.6 Å². The first-order chi connectivity index (χ1) is 19.3. The van der Waals surface area contributed by atoms with Gasteiger partial charge in [0.25, 0.3) is 5.91 Å². The summed E-state index contributed by atoms with van der Waals surface area (Å²) in [4.78, 5) is 36.6. The van der Waals surface area contributed by atoms with Crippen LogP contribution in [0.3, 0.4) is 0 Å². The van der Waals surface area contributed by atoms with E-state index < -0.39 is 11.8 Å². The maximum atomic E-state index is 12.3. The van der Waals surface area contributed by atoms with Gasteiger partial charge in [0.2, 0.25) is 6.79 Å². The van der Waals surface area contributed by atoms with Crippen molar-refractivity contribution >= 4 is 41.2 Å². The van der Waals surface area contributed by atoms with E-state index >= 15 is 0 Å². The van der Waals surface area contributed by atoms with Crippen LogP contribution in [0.1, 0.15) is 23.6 Å². The second-order valence-corrected chi connectivity index (χ2v) is 8.94. The lowest BCUT2D eigenvalue weighted by Gasteiger charge is -2.14. The molecule has 1 aliphatic rings. The van der Waals surface area contributed by atoms with Crippen molar-refractivity contribution in [2.75, 3.05) is 25.3 Å². The van der Waals surface area contributed by atoms with Crippen LogP contribution in [0.4, 0.5) is 5.69 Å². The van der Waals surface area contributed by atoms with Crippen LogP contribution < -0.4 is 35.0 Å². The Kier molecular flexibility index (Phi) is 9.42. The zero-order valence-corrected chi connectivity index (χ0v) is 22.5. The highest BCUT2D eigenvalue weighted by molar-refractivity contribution is 6.35. The number of carbonyl (C=O) groups is 3. The van der Waals surface area contributed by atoms with Crippen LogP contribution in [0.25, 0.3) is 0 Å². The summed E-state index contributed by atoms with van der Waals surface area (Å²) in [6.45, 7) is 4.01. The van der Waals surface area contributed by atoms with Gasteiger partial charge in [0.15, 0.2) is 29.6 Å². The molecule has 0 atom stereocenters. The molecule has 0 bridgehead atoms. The highest BCUT2D eigenvalue weighted by atomic mass is 35.5. The van der Waals surface area contributed by atoms with E-state index in [9.17, 15) is 14.4 Å². The van der Waals surface area contributed by atoms with E-state index in [1.807, 2.05) is 19.1 Å². The van der Waals surface area contributed by atoms with Gasteiger partial charge in [-0.2, -0.15) is 5.10 Å². The second kappa shape index (κ2) is 13.3. The predicted molar refractivity (Wildman–Crippen MR) is 148 cm³/mol. The van der Waals surface area contributed by atoms with Gasteiger partial charge in [-0.05, 0) is 61.4 Å². The molecule has 4 rings (SSSR count). The summed E-state index contributed by atoms with van der Waals surface area (Å²) in [7, 11) is 0. The highest BCUT2D eigenvalue weighted by Gasteiger charge is 2.17. The number of hydrazone groups is 1. The number of hydrogen-bond acceptors (Lipinski definition) is 8. The standard InChI is InChI=1S/C28H27ClN4O7/c1-3-37-24-12-19(10-21(29)26(24)38-15-25(34)32-20-7-4-17(2)5-8-20)14-31-33-28(36)27(35)30-13-18-6-9-22-23(11-18)40-16-39-22/h4-12,14H,3,13,15-16H2,1-2H3,(H,30,35)(H,32,34)(H,33,36)/b31-14-. The van der Waals surface area contributed by atoms with Gasteiger partial charge < -0.3 is 29.6 Å². The first kappa shape index (κ1) is 28.2. The molecule has 0 fully saturated rings. The fourth-order valence-corrected chi connectivity index (χ4v) is 3.84. The van der Waals surface area contributed by atoms with E-state index in [2.05, 4.69) is 21.2 Å². The van der Waals surface area contributed by atoms with Crippen molar-refractivity contribution in [2.45, 2.75) is 20.4 Å². The molecule has 1 aliphatic heterocycles. The van der Waals surface area contributed by atoms with E-state index in [-0.39, 0.29) is 42.4 Å². The third kappa shape index (κ3) is 7.64.